The van der Waals surface area contributed by atoms with E-state index in [9.17, 15) is 4.79 Å². The van der Waals surface area contributed by atoms with Gasteiger partial charge in [0.25, 0.3) is 0 Å². The summed E-state index contributed by atoms with van der Waals surface area (Å²) in [6.45, 7) is 11.7. The molecule has 0 amide bonds. The lowest BCUT2D eigenvalue weighted by Crippen LogP contribution is -2.46. The molecule has 1 N–H and O–H groups in total. The predicted molar refractivity (Wildman–Crippen MR) is 115 cm³/mol. The highest BCUT2D eigenvalue weighted by Gasteiger charge is 2.36. The standard InChI is InChI=1S/C21H34N6O2/c1-5-25-8-10-26(11-9-25)19-7-6-17(12-23-19)13-24-21(22-3)27-14-16(2)18(15-27)20(28)29-4/h6-7,12,16,18H,5,8-11,13-15H2,1-4H3,(H,22,24). The second-order valence-corrected chi connectivity index (χ2v) is 7.86. The van der Waals surface area contributed by atoms with Crippen LogP contribution in [0, 0.1) is 11.8 Å². The molecule has 2 unspecified atom stereocenters. The van der Waals surface area contributed by atoms with E-state index >= 15 is 0 Å². The van der Waals surface area contributed by atoms with Crippen LogP contribution in [-0.2, 0) is 16.1 Å². The lowest BCUT2D eigenvalue weighted by Gasteiger charge is -2.34. The Kier molecular flexibility index (Phi) is 7.30. The van der Waals surface area contributed by atoms with E-state index < -0.39 is 0 Å². The number of aliphatic imine (C=N–C) groups is 1. The molecule has 0 spiro atoms. The molecule has 2 aliphatic heterocycles. The minimum Gasteiger partial charge on any atom is -0.469 e. The fourth-order valence-electron chi connectivity index (χ4n) is 4.11. The number of likely N-dealkylation sites (N-methyl/N-ethyl adjacent to an activating group) is 1. The van der Waals surface area contributed by atoms with Crippen LogP contribution in [-0.4, -0.2) is 86.7 Å². The molecule has 160 valence electrons. The van der Waals surface area contributed by atoms with Gasteiger partial charge in [0.1, 0.15) is 5.82 Å². The lowest BCUT2D eigenvalue weighted by molar-refractivity contribution is -0.145. The van der Waals surface area contributed by atoms with E-state index in [2.05, 4.69) is 56.0 Å². The fraction of sp³-hybridized carbons (Fsp3) is 0.667. The van der Waals surface area contributed by atoms with Crippen molar-refractivity contribution in [3.63, 3.8) is 0 Å². The molecule has 0 saturated carbocycles. The van der Waals surface area contributed by atoms with E-state index in [0.29, 0.717) is 13.1 Å². The molecule has 0 aliphatic carbocycles. The Balaban J connectivity index is 1.52. The molecule has 8 heteroatoms. The van der Waals surface area contributed by atoms with Crippen molar-refractivity contribution in [2.45, 2.75) is 20.4 Å². The van der Waals surface area contributed by atoms with Gasteiger partial charge in [0.05, 0.1) is 13.0 Å². The van der Waals surface area contributed by atoms with Crippen molar-refractivity contribution >= 4 is 17.7 Å². The number of nitrogens with one attached hydrogen (secondary N) is 1. The smallest absolute Gasteiger partial charge is 0.310 e. The van der Waals surface area contributed by atoms with E-state index in [4.69, 9.17) is 4.74 Å². The number of piperazine rings is 1. The first-order valence-corrected chi connectivity index (χ1v) is 10.5. The predicted octanol–water partition coefficient (Wildman–Crippen LogP) is 1.04. The molecule has 0 bridgehead atoms. The van der Waals surface area contributed by atoms with Crippen molar-refractivity contribution in [3.05, 3.63) is 23.9 Å². The number of rotatable bonds is 5. The van der Waals surface area contributed by atoms with Gasteiger partial charge in [0, 0.05) is 59.1 Å². The van der Waals surface area contributed by atoms with E-state index in [1.54, 1.807) is 7.05 Å². The maximum Gasteiger partial charge on any atom is 0.310 e. The summed E-state index contributed by atoms with van der Waals surface area (Å²) in [6.07, 6.45) is 1.94. The third kappa shape index (κ3) is 5.18. The molecule has 8 nitrogen and oxygen atoms in total. The Labute approximate surface area is 173 Å². The van der Waals surface area contributed by atoms with Gasteiger partial charge in [0.15, 0.2) is 5.96 Å². The second-order valence-electron chi connectivity index (χ2n) is 7.86. The van der Waals surface area contributed by atoms with Gasteiger partial charge in [-0.25, -0.2) is 4.98 Å². The number of methoxy groups -OCH3 is 1. The minimum absolute atomic E-state index is 0.104. The number of aromatic nitrogens is 1. The van der Waals surface area contributed by atoms with E-state index in [1.165, 1.54) is 7.11 Å². The number of anilines is 1. The third-order valence-electron chi connectivity index (χ3n) is 6.03. The summed E-state index contributed by atoms with van der Waals surface area (Å²) in [4.78, 5) is 27.9. The number of ether oxygens (including phenoxy) is 1. The number of hydrogen-bond acceptors (Lipinski definition) is 6. The number of guanidine groups is 1. The summed E-state index contributed by atoms with van der Waals surface area (Å²) in [7, 11) is 3.22. The summed E-state index contributed by atoms with van der Waals surface area (Å²) in [5, 5.41) is 3.40. The van der Waals surface area contributed by atoms with Crippen molar-refractivity contribution in [3.8, 4) is 0 Å². The van der Waals surface area contributed by atoms with Crippen molar-refractivity contribution in [2.75, 3.05) is 64.9 Å². The van der Waals surface area contributed by atoms with E-state index in [1.807, 2.05) is 6.20 Å². The topological polar surface area (TPSA) is 73.3 Å². The maximum atomic E-state index is 11.9. The Morgan fingerprint density at radius 2 is 2.03 bits per heavy atom. The molecule has 29 heavy (non-hydrogen) atoms. The quantitative estimate of drug-likeness (QED) is 0.448. The van der Waals surface area contributed by atoms with Gasteiger partial charge in [0.2, 0.25) is 0 Å². The van der Waals surface area contributed by atoms with Crippen LogP contribution < -0.4 is 10.2 Å². The highest BCUT2D eigenvalue weighted by Crippen LogP contribution is 2.24. The monoisotopic (exact) mass is 402 g/mol. The van der Waals surface area contributed by atoms with Crippen molar-refractivity contribution in [1.29, 1.82) is 0 Å². The zero-order chi connectivity index (χ0) is 20.8. The normalized spacial score (nSPS) is 23.4. The first kappa shape index (κ1) is 21.4. The van der Waals surface area contributed by atoms with Crippen LogP contribution in [0.1, 0.15) is 19.4 Å². The Morgan fingerprint density at radius 1 is 1.28 bits per heavy atom. The Hall–Kier alpha value is -2.35. The molecule has 0 radical (unpaired) electrons. The third-order valence-corrected chi connectivity index (χ3v) is 6.03. The summed E-state index contributed by atoms with van der Waals surface area (Å²) in [5.41, 5.74) is 1.11. The largest absolute Gasteiger partial charge is 0.469 e. The molecule has 3 heterocycles. The zero-order valence-corrected chi connectivity index (χ0v) is 18.1. The summed E-state index contributed by atoms with van der Waals surface area (Å²) < 4.78 is 4.93. The first-order chi connectivity index (χ1) is 14.0. The van der Waals surface area contributed by atoms with Crippen molar-refractivity contribution in [2.24, 2.45) is 16.8 Å². The molecule has 2 saturated heterocycles. The maximum absolute atomic E-state index is 11.9. The highest BCUT2D eigenvalue weighted by molar-refractivity contribution is 5.82. The number of likely N-dealkylation sites (tertiary alicyclic amines) is 1. The fourth-order valence-corrected chi connectivity index (χ4v) is 4.11. The Morgan fingerprint density at radius 3 is 2.62 bits per heavy atom. The number of carbonyl (C=O) groups excluding carboxylic acids is 1. The Bertz CT molecular complexity index is 700. The first-order valence-electron chi connectivity index (χ1n) is 10.5. The molecule has 0 aromatic carbocycles. The van der Waals surface area contributed by atoms with Crippen LogP contribution >= 0.6 is 0 Å². The van der Waals surface area contributed by atoms with Gasteiger partial charge < -0.3 is 24.8 Å². The van der Waals surface area contributed by atoms with Gasteiger partial charge >= 0.3 is 5.97 Å². The van der Waals surface area contributed by atoms with Gasteiger partial charge in [-0.05, 0) is 24.1 Å². The van der Waals surface area contributed by atoms with Crippen LogP contribution in [0.5, 0.6) is 0 Å². The van der Waals surface area contributed by atoms with Gasteiger partial charge in [-0.1, -0.05) is 19.9 Å². The minimum atomic E-state index is -0.144. The zero-order valence-electron chi connectivity index (χ0n) is 18.1. The van der Waals surface area contributed by atoms with Gasteiger partial charge in [-0.3, -0.25) is 9.79 Å². The van der Waals surface area contributed by atoms with Crippen LogP contribution in [0.25, 0.3) is 0 Å². The molecule has 2 atom stereocenters. The van der Waals surface area contributed by atoms with E-state index in [0.717, 1.165) is 56.6 Å². The molecule has 2 aliphatic rings. The molecule has 2 fully saturated rings. The average molecular weight is 403 g/mol. The van der Waals surface area contributed by atoms with Gasteiger partial charge in [-0.15, -0.1) is 0 Å². The van der Waals surface area contributed by atoms with Gasteiger partial charge in [-0.2, -0.15) is 0 Å². The molecule has 1 aromatic heterocycles. The molecule has 1 aromatic rings. The highest BCUT2D eigenvalue weighted by atomic mass is 16.5. The number of hydrogen-bond donors (Lipinski definition) is 1. The van der Waals surface area contributed by atoms with Crippen LogP contribution in [0.15, 0.2) is 23.3 Å². The van der Waals surface area contributed by atoms with Crippen LogP contribution in [0.3, 0.4) is 0 Å². The van der Waals surface area contributed by atoms with Crippen molar-refractivity contribution < 1.29 is 9.53 Å². The summed E-state index contributed by atoms with van der Waals surface area (Å²) >= 11 is 0. The SMILES string of the molecule is CCN1CCN(c2ccc(CNC(=NC)N3CC(C)C(C(=O)OC)C3)cn2)CC1. The number of esters is 1. The lowest BCUT2D eigenvalue weighted by atomic mass is 9.99. The molecular weight excluding hydrogens is 368 g/mol. The number of pyridine rings is 1. The molecular formula is C21H34N6O2. The van der Waals surface area contributed by atoms with E-state index in [-0.39, 0.29) is 17.8 Å². The van der Waals surface area contributed by atoms with Crippen molar-refractivity contribution in [1.82, 2.24) is 20.1 Å². The summed E-state index contributed by atoms with van der Waals surface area (Å²) in [5.74, 6) is 1.85. The summed E-state index contributed by atoms with van der Waals surface area (Å²) in [6, 6.07) is 4.23. The average Bonchev–Trinajstić information content (AvgIpc) is 3.15. The van der Waals surface area contributed by atoms with Crippen LogP contribution in [0.4, 0.5) is 5.82 Å². The van der Waals surface area contributed by atoms with Crippen LogP contribution in [0.2, 0.25) is 0 Å². The number of nitrogens with zero attached hydrogens (tertiary/aromatic N) is 5. The molecule has 3 rings (SSSR count). The number of carbonyl (C=O) groups is 1. The second kappa shape index (κ2) is 9.91.